The molecule has 0 aromatic carbocycles. The zero-order chi connectivity index (χ0) is 12.3. The van der Waals surface area contributed by atoms with Crippen LogP contribution in [0.1, 0.15) is 43.7 Å². The molecule has 0 radical (unpaired) electrons. The molecule has 0 amide bonds. The maximum atomic E-state index is 12.1. The Bertz CT molecular complexity index is 508. The van der Waals surface area contributed by atoms with Gasteiger partial charge in [-0.15, -0.1) is 0 Å². The number of aromatic nitrogens is 1. The summed E-state index contributed by atoms with van der Waals surface area (Å²) in [4.78, 5) is 15.6. The van der Waals surface area contributed by atoms with Crippen LogP contribution in [0.5, 0.6) is 0 Å². The highest BCUT2D eigenvalue weighted by atomic mass is 16.1. The molecule has 0 N–H and O–H groups in total. The van der Waals surface area contributed by atoms with E-state index in [1.807, 2.05) is 6.20 Å². The van der Waals surface area contributed by atoms with E-state index in [1.54, 1.807) is 4.57 Å². The van der Waals surface area contributed by atoms with Crippen LogP contribution >= 0.6 is 0 Å². The summed E-state index contributed by atoms with van der Waals surface area (Å²) in [5.74, 6) is 0. The van der Waals surface area contributed by atoms with E-state index >= 15 is 0 Å². The Morgan fingerprint density at radius 3 is 2.88 bits per heavy atom. The summed E-state index contributed by atoms with van der Waals surface area (Å²) < 4.78 is 1.74. The van der Waals surface area contributed by atoms with Gasteiger partial charge in [0.2, 0.25) is 0 Å². The van der Waals surface area contributed by atoms with Gasteiger partial charge in [-0.3, -0.25) is 4.79 Å². The average Bonchev–Trinajstić information content (AvgIpc) is 2.36. The van der Waals surface area contributed by atoms with E-state index in [0.29, 0.717) is 5.69 Å². The molecular weight excluding hydrogens is 212 g/mol. The van der Waals surface area contributed by atoms with E-state index in [2.05, 4.69) is 11.8 Å². The fourth-order valence-corrected chi connectivity index (χ4v) is 2.46. The second-order valence-corrected chi connectivity index (χ2v) is 4.65. The highest BCUT2D eigenvalue weighted by Crippen LogP contribution is 2.27. The second-order valence-electron chi connectivity index (χ2n) is 4.65. The van der Waals surface area contributed by atoms with Crippen molar-refractivity contribution in [1.82, 2.24) is 4.57 Å². The van der Waals surface area contributed by atoms with Gasteiger partial charge in [-0.25, -0.2) is 4.85 Å². The minimum Gasteiger partial charge on any atom is -0.324 e. The van der Waals surface area contributed by atoms with E-state index in [9.17, 15) is 4.79 Å². The maximum Gasteiger partial charge on any atom is 0.257 e. The van der Waals surface area contributed by atoms with Crippen molar-refractivity contribution in [2.45, 2.75) is 52.0 Å². The van der Waals surface area contributed by atoms with Crippen molar-refractivity contribution >= 4 is 5.69 Å². The number of pyridine rings is 1. The minimum absolute atomic E-state index is 0.0888. The molecule has 3 heteroatoms. The van der Waals surface area contributed by atoms with Crippen molar-refractivity contribution in [1.29, 1.82) is 0 Å². The highest BCUT2D eigenvalue weighted by molar-refractivity contribution is 5.54. The molecule has 0 unspecified atom stereocenters. The van der Waals surface area contributed by atoms with Gasteiger partial charge in [0.15, 0.2) is 0 Å². The molecule has 0 saturated carbocycles. The normalized spacial score (nSPS) is 14.1. The SMILES string of the molecule is [C-]#[N+]c1c2c(cn(CCCC)c1=O)CCCC2. The quantitative estimate of drug-likeness (QED) is 0.733. The Morgan fingerprint density at radius 2 is 2.18 bits per heavy atom. The van der Waals surface area contributed by atoms with Gasteiger partial charge in [0.25, 0.3) is 11.2 Å². The van der Waals surface area contributed by atoms with E-state index < -0.39 is 0 Å². The fraction of sp³-hybridized carbons (Fsp3) is 0.571. The molecule has 1 aliphatic carbocycles. The van der Waals surface area contributed by atoms with Crippen LogP contribution in [0.25, 0.3) is 4.85 Å². The molecule has 0 atom stereocenters. The molecule has 0 spiro atoms. The zero-order valence-electron chi connectivity index (χ0n) is 10.3. The summed E-state index contributed by atoms with van der Waals surface area (Å²) >= 11 is 0. The molecule has 0 fully saturated rings. The smallest absolute Gasteiger partial charge is 0.257 e. The van der Waals surface area contributed by atoms with Crippen molar-refractivity contribution in [2.75, 3.05) is 0 Å². The van der Waals surface area contributed by atoms with Gasteiger partial charge >= 0.3 is 0 Å². The van der Waals surface area contributed by atoms with E-state index in [1.165, 1.54) is 12.0 Å². The number of rotatable bonds is 3. The van der Waals surface area contributed by atoms with Crippen LogP contribution in [0.15, 0.2) is 11.0 Å². The molecule has 2 rings (SSSR count). The third-order valence-corrected chi connectivity index (χ3v) is 3.44. The molecular formula is C14H18N2O. The van der Waals surface area contributed by atoms with Gasteiger partial charge in [-0.2, -0.15) is 0 Å². The topological polar surface area (TPSA) is 26.4 Å². The van der Waals surface area contributed by atoms with Crippen LogP contribution in [-0.2, 0) is 19.4 Å². The van der Waals surface area contributed by atoms with Gasteiger partial charge in [0.1, 0.15) is 0 Å². The number of unbranched alkanes of at least 4 members (excludes halogenated alkanes) is 1. The van der Waals surface area contributed by atoms with E-state index in [4.69, 9.17) is 6.57 Å². The first-order valence-electron chi connectivity index (χ1n) is 6.40. The molecule has 0 aliphatic heterocycles. The van der Waals surface area contributed by atoms with Crippen molar-refractivity contribution in [3.05, 3.63) is 39.1 Å². The van der Waals surface area contributed by atoms with Crippen LogP contribution in [0, 0.1) is 6.57 Å². The molecule has 1 heterocycles. The lowest BCUT2D eigenvalue weighted by Gasteiger charge is -2.19. The number of aryl methyl sites for hydroxylation is 2. The first-order valence-corrected chi connectivity index (χ1v) is 6.40. The molecule has 1 aromatic heterocycles. The summed E-state index contributed by atoms with van der Waals surface area (Å²) in [6.45, 7) is 10.1. The van der Waals surface area contributed by atoms with E-state index in [0.717, 1.165) is 44.2 Å². The summed E-state index contributed by atoms with van der Waals surface area (Å²) in [7, 11) is 0. The summed E-state index contributed by atoms with van der Waals surface area (Å²) in [5.41, 5.74) is 2.52. The van der Waals surface area contributed by atoms with Crippen LogP contribution < -0.4 is 5.56 Å². The number of hydrogen-bond donors (Lipinski definition) is 0. The maximum absolute atomic E-state index is 12.1. The van der Waals surface area contributed by atoms with Crippen molar-refractivity contribution < 1.29 is 0 Å². The third-order valence-electron chi connectivity index (χ3n) is 3.44. The molecule has 90 valence electrons. The Balaban J connectivity index is 2.49. The predicted octanol–water partition coefficient (Wildman–Crippen LogP) is 3.08. The second kappa shape index (κ2) is 5.18. The van der Waals surface area contributed by atoms with E-state index in [-0.39, 0.29) is 5.56 Å². The first-order chi connectivity index (χ1) is 8.27. The van der Waals surface area contributed by atoms with Crippen LogP contribution in [-0.4, -0.2) is 4.57 Å². The Morgan fingerprint density at radius 1 is 1.41 bits per heavy atom. The monoisotopic (exact) mass is 230 g/mol. The average molecular weight is 230 g/mol. The largest absolute Gasteiger partial charge is 0.324 e. The lowest BCUT2D eigenvalue weighted by Crippen LogP contribution is -2.23. The minimum atomic E-state index is -0.0888. The molecule has 3 nitrogen and oxygen atoms in total. The Hall–Kier alpha value is -1.56. The van der Waals surface area contributed by atoms with Crippen LogP contribution in [0.3, 0.4) is 0 Å². The predicted molar refractivity (Wildman–Crippen MR) is 68.5 cm³/mol. The van der Waals surface area contributed by atoms with Crippen LogP contribution in [0.4, 0.5) is 5.69 Å². The molecule has 0 saturated heterocycles. The lowest BCUT2D eigenvalue weighted by molar-refractivity contribution is 0.597. The summed E-state index contributed by atoms with van der Waals surface area (Å²) in [6, 6.07) is 0. The zero-order valence-corrected chi connectivity index (χ0v) is 10.3. The fourth-order valence-electron chi connectivity index (χ4n) is 2.46. The van der Waals surface area contributed by atoms with Gasteiger partial charge in [0.05, 0.1) is 6.57 Å². The Labute approximate surface area is 102 Å². The summed E-state index contributed by atoms with van der Waals surface area (Å²) in [5, 5.41) is 0. The number of hydrogen-bond acceptors (Lipinski definition) is 1. The van der Waals surface area contributed by atoms with Gasteiger partial charge in [0, 0.05) is 12.7 Å². The van der Waals surface area contributed by atoms with Crippen molar-refractivity contribution in [3.63, 3.8) is 0 Å². The van der Waals surface area contributed by atoms with Gasteiger partial charge in [-0.05, 0) is 36.8 Å². The van der Waals surface area contributed by atoms with Crippen molar-refractivity contribution in [2.24, 2.45) is 0 Å². The highest BCUT2D eigenvalue weighted by Gasteiger charge is 2.18. The van der Waals surface area contributed by atoms with Gasteiger partial charge in [-0.1, -0.05) is 19.8 Å². The molecule has 17 heavy (non-hydrogen) atoms. The third kappa shape index (κ3) is 2.26. The molecule has 0 bridgehead atoms. The first kappa shape index (κ1) is 11.9. The van der Waals surface area contributed by atoms with Gasteiger partial charge < -0.3 is 4.57 Å². The molecule has 1 aromatic rings. The summed E-state index contributed by atoms with van der Waals surface area (Å²) in [6.07, 6.45) is 8.25. The number of fused-ring (bicyclic) bond motifs is 1. The lowest BCUT2D eigenvalue weighted by atomic mass is 9.92. The standard InChI is InChI=1S/C14H18N2O/c1-3-4-9-16-10-11-7-5-6-8-12(11)13(15-2)14(16)17/h10H,3-9H2,1H3. The number of nitrogens with zero attached hydrogens (tertiary/aromatic N) is 2. The Kier molecular flexibility index (Phi) is 3.63. The van der Waals surface area contributed by atoms with Crippen LogP contribution in [0.2, 0.25) is 0 Å². The van der Waals surface area contributed by atoms with Crippen molar-refractivity contribution in [3.8, 4) is 0 Å². The molecule has 1 aliphatic rings.